The van der Waals surface area contributed by atoms with Crippen LogP contribution in [0.1, 0.15) is 28.1 Å². The summed E-state index contributed by atoms with van der Waals surface area (Å²) in [6.45, 7) is 9.23. The quantitative estimate of drug-likeness (QED) is 0.820. The average molecular weight is 293 g/mol. The molecule has 0 fully saturated rings. The molecule has 1 heterocycles. The van der Waals surface area contributed by atoms with Crippen LogP contribution in [0, 0.1) is 27.7 Å². The van der Waals surface area contributed by atoms with Gasteiger partial charge in [-0.25, -0.2) is 0 Å². The van der Waals surface area contributed by atoms with Gasteiger partial charge in [-0.1, -0.05) is 18.2 Å². The molecule has 1 aromatic heterocycles. The largest absolute Gasteiger partial charge is 0.264 e. The van der Waals surface area contributed by atoms with Gasteiger partial charge >= 0.3 is 0 Å². The highest BCUT2D eigenvalue weighted by Crippen LogP contribution is 2.21. The lowest BCUT2D eigenvalue weighted by Gasteiger charge is -2.07. The van der Waals surface area contributed by atoms with Crippen molar-refractivity contribution in [3.05, 3.63) is 50.8 Å². The van der Waals surface area contributed by atoms with Gasteiger partial charge in [0.1, 0.15) is 0 Å². The number of rotatable bonds is 2. The predicted molar refractivity (Wildman–Crippen MR) is 74.4 cm³/mol. The third-order valence-electron chi connectivity index (χ3n) is 3.20. The molecule has 0 spiro atoms. The van der Waals surface area contributed by atoms with Crippen LogP contribution in [0.3, 0.4) is 0 Å². The molecule has 1 aromatic carbocycles. The van der Waals surface area contributed by atoms with Crippen molar-refractivity contribution in [2.75, 3.05) is 0 Å². The summed E-state index contributed by atoms with van der Waals surface area (Å²) in [5.41, 5.74) is 6.20. The smallest absolute Gasteiger partial charge is 0.0738 e. The Labute approximate surface area is 111 Å². The Morgan fingerprint density at radius 1 is 1.12 bits per heavy atom. The minimum atomic E-state index is 0.833. The van der Waals surface area contributed by atoms with Crippen molar-refractivity contribution in [3.8, 4) is 0 Å². The molecule has 0 aliphatic rings. The molecule has 2 rings (SSSR count). The first-order valence-corrected chi connectivity index (χ1v) is 6.54. The first-order valence-electron chi connectivity index (χ1n) is 5.74. The van der Waals surface area contributed by atoms with E-state index in [1.165, 1.54) is 22.4 Å². The van der Waals surface area contributed by atoms with E-state index < -0.39 is 0 Å². The molecule has 0 atom stereocenters. The third-order valence-corrected chi connectivity index (χ3v) is 4.34. The van der Waals surface area contributed by atoms with Crippen molar-refractivity contribution in [2.45, 2.75) is 34.2 Å². The van der Waals surface area contributed by atoms with Crippen LogP contribution in [-0.4, -0.2) is 9.78 Å². The molecule has 0 aliphatic heterocycles. The zero-order chi connectivity index (χ0) is 12.6. The Hall–Kier alpha value is -1.09. The molecule has 0 amide bonds. The highest BCUT2D eigenvalue weighted by Gasteiger charge is 2.08. The van der Waals surface area contributed by atoms with E-state index in [9.17, 15) is 0 Å². The summed E-state index contributed by atoms with van der Waals surface area (Å²) < 4.78 is 3.16. The summed E-state index contributed by atoms with van der Waals surface area (Å²) in [5, 5.41) is 4.53. The molecule has 0 radical (unpaired) electrons. The maximum atomic E-state index is 4.53. The van der Waals surface area contributed by atoms with Gasteiger partial charge < -0.3 is 0 Å². The molecule has 0 aliphatic carbocycles. The SMILES string of the molecule is Cc1ccc(Cn2nc(C)c(Br)c2C)cc1C. The second-order valence-electron chi connectivity index (χ2n) is 4.56. The standard InChI is InChI=1S/C14H17BrN2/c1-9-5-6-13(7-10(9)2)8-17-12(4)14(15)11(3)16-17/h5-7H,8H2,1-4H3. The molecule has 0 saturated heterocycles. The summed E-state index contributed by atoms with van der Waals surface area (Å²) in [6.07, 6.45) is 0. The Kier molecular flexibility index (Phi) is 3.38. The molecule has 2 aromatic rings. The van der Waals surface area contributed by atoms with E-state index >= 15 is 0 Å². The highest BCUT2D eigenvalue weighted by molar-refractivity contribution is 9.10. The average Bonchev–Trinajstić information content (AvgIpc) is 2.52. The predicted octanol–water partition coefficient (Wildman–Crippen LogP) is 3.93. The molecular formula is C14H17BrN2. The lowest BCUT2D eigenvalue weighted by Crippen LogP contribution is -2.04. The maximum Gasteiger partial charge on any atom is 0.0738 e. The van der Waals surface area contributed by atoms with Crippen molar-refractivity contribution >= 4 is 15.9 Å². The Morgan fingerprint density at radius 2 is 1.82 bits per heavy atom. The minimum absolute atomic E-state index is 0.833. The van der Waals surface area contributed by atoms with Gasteiger partial charge in [-0.3, -0.25) is 4.68 Å². The first-order chi connectivity index (χ1) is 7.99. The van der Waals surface area contributed by atoms with Gasteiger partial charge in [0.2, 0.25) is 0 Å². The van der Waals surface area contributed by atoms with Crippen LogP contribution >= 0.6 is 15.9 Å². The molecule has 0 saturated carbocycles. The Bertz CT molecular complexity index is 556. The summed E-state index contributed by atoms with van der Waals surface area (Å²) in [7, 11) is 0. The van der Waals surface area contributed by atoms with E-state index in [-0.39, 0.29) is 0 Å². The Morgan fingerprint density at radius 3 is 2.35 bits per heavy atom. The van der Waals surface area contributed by atoms with Crippen molar-refractivity contribution in [1.82, 2.24) is 9.78 Å². The fourth-order valence-corrected chi connectivity index (χ4v) is 2.19. The fourth-order valence-electron chi connectivity index (χ4n) is 1.90. The van der Waals surface area contributed by atoms with Gasteiger partial charge in [-0.05, 0) is 60.3 Å². The van der Waals surface area contributed by atoms with Crippen LogP contribution in [0.4, 0.5) is 0 Å². The number of aromatic nitrogens is 2. The van der Waals surface area contributed by atoms with Gasteiger partial charge in [-0.15, -0.1) is 0 Å². The van der Waals surface area contributed by atoms with Gasteiger partial charge in [0.05, 0.1) is 22.4 Å². The zero-order valence-electron chi connectivity index (χ0n) is 10.7. The molecule has 17 heavy (non-hydrogen) atoms. The molecule has 0 unspecified atom stereocenters. The highest BCUT2D eigenvalue weighted by atomic mass is 79.9. The van der Waals surface area contributed by atoms with Gasteiger partial charge in [0.25, 0.3) is 0 Å². The number of hydrogen-bond acceptors (Lipinski definition) is 1. The van der Waals surface area contributed by atoms with Crippen LogP contribution in [0.5, 0.6) is 0 Å². The molecule has 0 N–H and O–H groups in total. The van der Waals surface area contributed by atoms with Crippen LogP contribution < -0.4 is 0 Å². The first kappa shape index (κ1) is 12.4. The monoisotopic (exact) mass is 292 g/mol. The number of halogens is 1. The molecule has 2 nitrogen and oxygen atoms in total. The van der Waals surface area contributed by atoms with Crippen molar-refractivity contribution < 1.29 is 0 Å². The normalized spacial score (nSPS) is 10.9. The fraction of sp³-hybridized carbons (Fsp3) is 0.357. The second-order valence-corrected chi connectivity index (χ2v) is 5.35. The lowest BCUT2D eigenvalue weighted by molar-refractivity contribution is 0.658. The minimum Gasteiger partial charge on any atom is -0.264 e. The van der Waals surface area contributed by atoms with E-state index in [1.807, 2.05) is 11.6 Å². The third kappa shape index (κ3) is 2.44. The number of aryl methyl sites for hydroxylation is 3. The van der Waals surface area contributed by atoms with Crippen LogP contribution in [0.2, 0.25) is 0 Å². The van der Waals surface area contributed by atoms with E-state index in [0.29, 0.717) is 0 Å². The number of nitrogens with zero attached hydrogens (tertiary/aromatic N) is 2. The van der Waals surface area contributed by atoms with Crippen molar-refractivity contribution in [1.29, 1.82) is 0 Å². The summed E-state index contributed by atoms with van der Waals surface area (Å²) >= 11 is 3.56. The molecule has 90 valence electrons. The van der Waals surface area contributed by atoms with Crippen LogP contribution in [-0.2, 0) is 6.54 Å². The lowest BCUT2D eigenvalue weighted by atomic mass is 10.1. The van der Waals surface area contributed by atoms with Crippen LogP contribution in [0.25, 0.3) is 0 Å². The molecular weight excluding hydrogens is 276 g/mol. The van der Waals surface area contributed by atoms with E-state index in [2.05, 4.69) is 60.0 Å². The van der Waals surface area contributed by atoms with Gasteiger partial charge in [0.15, 0.2) is 0 Å². The van der Waals surface area contributed by atoms with E-state index in [4.69, 9.17) is 0 Å². The van der Waals surface area contributed by atoms with Crippen molar-refractivity contribution in [3.63, 3.8) is 0 Å². The van der Waals surface area contributed by atoms with Crippen molar-refractivity contribution in [2.24, 2.45) is 0 Å². The second kappa shape index (κ2) is 4.65. The Balaban J connectivity index is 2.31. The van der Waals surface area contributed by atoms with Gasteiger partial charge in [0, 0.05) is 0 Å². The summed E-state index contributed by atoms with van der Waals surface area (Å²) in [6, 6.07) is 6.58. The van der Waals surface area contributed by atoms with E-state index in [0.717, 1.165) is 16.7 Å². The van der Waals surface area contributed by atoms with E-state index in [1.54, 1.807) is 0 Å². The summed E-state index contributed by atoms with van der Waals surface area (Å²) in [4.78, 5) is 0. The summed E-state index contributed by atoms with van der Waals surface area (Å²) in [5.74, 6) is 0. The van der Waals surface area contributed by atoms with Crippen LogP contribution in [0.15, 0.2) is 22.7 Å². The topological polar surface area (TPSA) is 17.8 Å². The van der Waals surface area contributed by atoms with Gasteiger partial charge in [-0.2, -0.15) is 5.10 Å². The number of hydrogen-bond donors (Lipinski definition) is 0. The number of benzene rings is 1. The zero-order valence-corrected chi connectivity index (χ0v) is 12.3. The molecule has 0 bridgehead atoms. The molecule has 3 heteroatoms. The maximum absolute atomic E-state index is 4.53.